The molecule has 1 heterocycles. The molecule has 0 aromatic heterocycles. The van der Waals surface area contributed by atoms with Crippen molar-refractivity contribution in [1.82, 2.24) is 9.80 Å². The number of hydrogen-bond donors (Lipinski definition) is 0. The van der Waals surface area contributed by atoms with Crippen LogP contribution in [0.1, 0.15) is 11.1 Å². The lowest BCUT2D eigenvalue weighted by molar-refractivity contribution is 0.235. The summed E-state index contributed by atoms with van der Waals surface area (Å²) in [6, 6.07) is 17.2. The van der Waals surface area contributed by atoms with E-state index in [1.807, 2.05) is 0 Å². The second-order valence-electron chi connectivity index (χ2n) is 5.50. The number of halogens is 2. The molecule has 21 heavy (non-hydrogen) atoms. The molecule has 0 amide bonds. The van der Waals surface area contributed by atoms with Crippen LogP contribution in [-0.4, -0.2) is 29.6 Å². The van der Waals surface area contributed by atoms with E-state index in [4.69, 9.17) is 0 Å². The first-order valence-electron chi connectivity index (χ1n) is 7.13. The topological polar surface area (TPSA) is 6.48 Å². The first-order valence-corrected chi connectivity index (χ1v) is 8.71. The molecule has 110 valence electrons. The fraction of sp³-hybridized carbons (Fsp3) is 0.294. The largest absolute Gasteiger partial charge is 0.285 e. The summed E-state index contributed by atoms with van der Waals surface area (Å²) in [6.45, 7) is 5.40. The fourth-order valence-corrected chi connectivity index (χ4v) is 3.19. The Kier molecular flexibility index (Phi) is 5.11. The monoisotopic (exact) mass is 408 g/mol. The summed E-state index contributed by atoms with van der Waals surface area (Å²) in [7, 11) is 0. The first-order chi connectivity index (χ1) is 10.2. The van der Waals surface area contributed by atoms with E-state index in [-0.39, 0.29) is 0 Å². The van der Waals surface area contributed by atoms with Crippen LogP contribution in [0, 0.1) is 0 Å². The minimum absolute atomic E-state index is 1.03. The van der Waals surface area contributed by atoms with Gasteiger partial charge in [0, 0.05) is 35.1 Å². The van der Waals surface area contributed by atoms with Crippen LogP contribution in [0.15, 0.2) is 57.5 Å². The van der Waals surface area contributed by atoms with Gasteiger partial charge in [0.2, 0.25) is 0 Å². The Balaban J connectivity index is 1.53. The average molecular weight is 410 g/mol. The molecule has 1 saturated heterocycles. The second kappa shape index (κ2) is 7.05. The van der Waals surface area contributed by atoms with E-state index in [2.05, 4.69) is 90.2 Å². The van der Waals surface area contributed by atoms with Gasteiger partial charge in [-0.25, -0.2) is 0 Å². The zero-order valence-electron chi connectivity index (χ0n) is 11.8. The Morgan fingerprint density at radius 1 is 0.667 bits per heavy atom. The number of nitrogens with zero attached hydrogens (tertiary/aromatic N) is 2. The minimum Gasteiger partial charge on any atom is -0.285 e. The molecule has 3 rings (SSSR count). The van der Waals surface area contributed by atoms with E-state index in [1.165, 1.54) is 11.1 Å². The summed E-state index contributed by atoms with van der Waals surface area (Å²) in [5, 5.41) is 0. The molecule has 0 unspecified atom stereocenters. The van der Waals surface area contributed by atoms with Crippen molar-refractivity contribution in [2.24, 2.45) is 0 Å². The molecule has 1 aliphatic heterocycles. The summed E-state index contributed by atoms with van der Waals surface area (Å²) in [5.74, 6) is 0. The van der Waals surface area contributed by atoms with Crippen molar-refractivity contribution < 1.29 is 0 Å². The Bertz CT molecular complexity index is 527. The highest BCUT2D eigenvalue weighted by molar-refractivity contribution is 9.10. The molecule has 0 atom stereocenters. The van der Waals surface area contributed by atoms with Gasteiger partial charge in [0.15, 0.2) is 0 Å². The van der Waals surface area contributed by atoms with Gasteiger partial charge in [0.1, 0.15) is 0 Å². The van der Waals surface area contributed by atoms with Crippen molar-refractivity contribution in [3.05, 3.63) is 68.6 Å². The van der Waals surface area contributed by atoms with Gasteiger partial charge in [-0.3, -0.25) is 9.80 Å². The number of benzene rings is 2. The average Bonchev–Trinajstić information content (AvgIpc) is 2.91. The summed E-state index contributed by atoms with van der Waals surface area (Å²) in [4.78, 5) is 5.00. The van der Waals surface area contributed by atoms with Crippen molar-refractivity contribution >= 4 is 31.9 Å². The molecular weight excluding hydrogens is 392 g/mol. The summed E-state index contributed by atoms with van der Waals surface area (Å²) in [5.41, 5.74) is 2.76. The lowest BCUT2D eigenvalue weighted by atomic mass is 10.2. The maximum absolute atomic E-state index is 3.48. The highest BCUT2D eigenvalue weighted by atomic mass is 79.9. The molecule has 0 saturated carbocycles. The quantitative estimate of drug-likeness (QED) is 0.734. The van der Waals surface area contributed by atoms with E-state index in [0.717, 1.165) is 41.8 Å². The molecule has 0 radical (unpaired) electrons. The Morgan fingerprint density at radius 3 is 1.43 bits per heavy atom. The molecule has 0 aliphatic carbocycles. The Morgan fingerprint density at radius 2 is 1.05 bits per heavy atom. The van der Waals surface area contributed by atoms with Gasteiger partial charge < -0.3 is 0 Å². The molecule has 1 fully saturated rings. The van der Waals surface area contributed by atoms with Crippen LogP contribution in [0.25, 0.3) is 0 Å². The summed E-state index contributed by atoms with van der Waals surface area (Å²) in [6.07, 6.45) is 0. The lowest BCUT2D eigenvalue weighted by Crippen LogP contribution is -2.24. The molecule has 2 aromatic rings. The smallest absolute Gasteiger partial charge is 0.0513 e. The van der Waals surface area contributed by atoms with Crippen molar-refractivity contribution in [1.29, 1.82) is 0 Å². The summed E-state index contributed by atoms with van der Waals surface area (Å²) >= 11 is 6.97. The van der Waals surface area contributed by atoms with Crippen LogP contribution in [0.3, 0.4) is 0 Å². The predicted molar refractivity (Wildman–Crippen MR) is 94.0 cm³/mol. The molecule has 0 N–H and O–H groups in total. The van der Waals surface area contributed by atoms with Gasteiger partial charge in [-0.15, -0.1) is 0 Å². The molecule has 2 nitrogen and oxygen atoms in total. The van der Waals surface area contributed by atoms with Crippen LogP contribution in [0.5, 0.6) is 0 Å². The molecule has 0 spiro atoms. The van der Waals surface area contributed by atoms with Crippen LogP contribution < -0.4 is 0 Å². The van der Waals surface area contributed by atoms with E-state index < -0.39 is 0 Å². The Hall–Kier alpha value is -0.680. The van der Waals surface area contributed by atoms with E-state index in [0.29, 0.717) is 0 Å². The molecule has 2 aromatic carbocycles. The molecular formula is C17H18Br2N2. The van der Waals surface area contributed by atoms with Crippen molar-refractivity contribution in [3.63, 3.8) is 0 Å². The van der Waals surface area contributed by atoms with Gasteiger partial charge in [-0.2, -0.15) is 0 Å². The number of rotatable bonds is 4. The molecule has 0 bridgehead atoms. The van der Waals surface area contributed by atoms with Crippen LogP contribution in [0.4, 0.5) is 0 Å². The maximum atomic E-state index is 3.48. The van der Waals surface area contributed by atoms with E-state index in [9.17, 15) is 0 Å². The summed E-state index contributed by atoms with van der Waals surface area (Å²) < 4.78 is 2.29. The normalized spacial score (nSPS) is 16.5. The van der Waals surface area contributed by atoms with Crippen LogP contribution in [0.2, 0.25) is 0 Å². The predicted octanol–water partition coefficient (Wildman–Crippen LogP) is 4.49. The van der Waals surface area contributed by atoms with Gasteiger partial charge in [-0.1, -0.05) is 56.1 Å². The molecule has 4 heteroatoms. The third-order valence-electron chi connectivity index (χ3n) is 3.77. The zero-order chi connectivity index (χ0) is 14.7. The zero-order valence-corrected chi connectivity index (χ0v) is 15.0. The van der Waals surface area contributed by atoms with Gasteiger partial charge in [-0.05, 0) is 35.4 Å². The van der Waals surface area contributed by atoms with Gasteiger partial charge >= 0.3 is 0 Å². The number of hydrogen-bond acceptors (Lipinski definition) is 2. The highest BCUT2D eigenvalue weighted by Gasteiger charge is 2.19. The van der Waals surface area contributed by atoms with Crippen molar-refractivity contribution in [2.75, 3.05) is 19.8 Å². The third-order valence-corrected chi connectivity index (χ3v) is 4.83. The first kappa shape index (κ1) is 15.2. The van der Waals surface area contributed by atoms with Crippen molar-refractivity contribution in [3.8, 4) is 0 Å². The maximum Gasteiger partial charge on any atom is 0.0513 e. The van der Waals surface area contributed by atoms with Crippen molar-refractivity contribution in [2.45, 2.75) is 13.1 Å². The SMILES string of the molecule is Brc1ccc(CN2CCN(Cc3ccc(Br)cc3)C2)cc1. The highest BCUT2D eigenvalue weighted by Crippen LogP contribution is 2.17. The van der Waals surface area contributed by atoms with E-state index >= 15 is 0 Å². The standard InChI is InChI=1S/C17H18Br2N2/c18-16-5-1-14(2-6-16)11-20-9-10-21(13-20)12-15-3-7-17(19)8-4-15/h1-8H,9-13H2. The minimum atomic E-state index is 1.03. The fourth-order valence-electron chi connectivity index (χ4n) is 2.66. The van der Waals surface area contributed by atoms with Crippen LogP contribution in [-0.2, 0) is 13.1 Å². The van der Waals surface area contributed by atoms with Gasteiger partial charge in [0.25, 0.3) is 0 Å². The van der Waals surface area contributed by atoms with Crippen LogP contribution >= 0.6 is 31.9 Å². The third kappa shape index (κ3) is 4.39. The van der Waals surface area contributed by atoms with E-state index in [1.54, 1.807) is 0 Å². The lowest BCUT2D eigenvalue weighted by Gasteiger charge is -2.18. The second-order valence-corrected chi connectivity index (χ2v) is 7.33. The Labute approximate surface area is 143 Å². The molecule has 1 aliphatic rings. The van der Waals surface area contributed by atoms with Gasteiger partial charge in [0.05, 0.1) is 6.67 Å².